The molecule has 0 radical (unpaired) electrons. The normalized spacial score (nSPS) is 10.8. The van der Waals surface area contributed by atoms with Crippen molar-refractivity contribution in [3.63, 3.8) is 0 Å². The average molecular weight is 483 g/mol. The maximum Gasteiger partial charge on any atom is 0.251 e. The van der Waals surface area contributed by atoms with E-state index in [1.165, 1.54) is 21.3 Å². The fourth-order valence-corrected chi connectivity index (χ4v) is 4.05. The molecule has 1 N–H and O–H groups in total. The molecule has 2 amide bonds. The summed E-state index contributed by atoms with van der Waals surface area (Å²) in [5.74, 6) is 1.51. The smallest absolute Gasteiger partial charge is 0.251 e. The number of aromatic nitrogens is 2. The Morgan fingerprint density at radius 1 is 0.971 bits per heavy atom. The molecule has 0 atom stereocenters. The molecule has 1 aromatic heterocycles. The molecule has 0 bridgehead atoms. The van der Waals surface area contributed by atoms with E-state index >= 15 is 0 Å². The second kappa shape index (κ2) is 12.1. The summed E-state index contributed by atoms with van der Waals surface area (Å²) in [6.45, 7) is 5.87. The standard InChI is InChI=1S/C26H34N4O5/c1-6-12-29(13-7-2)24(31)17-30-20-11-9-8-10-19(20)28-23(30)16-27-26(32)18-14-21(33-3)25(35-5)22(15-18)34-4/h8-11,14-15H,6-7,12-13,16-17H2,1-5H3,(H,27,32). The monoisotopic (exact) mass is 482 g/mol. The van der Waals surface area contributed by atoms with Crippen molar-refractivity contribution in [2.24, 2.45) is 0 Å². The van der Waals surface area contributed by atoms with Crippen LogP contribution in [-0.4, -0.2) is 60.7 Å². The van der Waals surface area contributed by atoms with Gasteiger partial charge in [-0.2, -0.15) is 0 Å². The minimum atomic E-state index is -0.326. The molecule has 2 aromatic carbocycles. The molecule has 0 aliphatic carbocycles. The fourth-order valence-electron chi connectivity index (χ4n) is 4.05. The molecule has 3 rings (SSSR count). The molecular weight excluding hydrogens is 448 g/mol. The van der Waals surface area contributed by atoms with Crippen molar-refractivity contribution in [2.75, 3.05) is 34.4 Å². The number of benzene rings is 2. The Hall–Kier alpha value is -3.75. The van der Waals surface area contributed by atoms with Gasteiger partial charge in [-0.25, -0.2) is 4.98 Å². The first-order chi connectivity index (χ1) is 17.0. The first kappa shape index (κ1) is 25.9. The van der Waals surface area contributed by atoms with E-state index in [-0.39, 0.29) is 24.9 Å². The summed E-state index contributed by atoms with van der Waals surface area (Å²) in [6.07, 6.45) is 1.79. The average Bonchev–Trinajstić information content (AvgIpc) is 3.23. The van der Waals surface area contributed by atoms with Crippen LogP contribution in [0.2, 0.25) is 0 Å². The number of carbonyl (C=O) groups excluding carboxylic acids is 2. The van der Waals surface area contributed by atoms with Gasteiger partial charge < -0.3 is 29.0 Å². The van der Waals surface area contributed by atoms with Crippen LogP contribution < -0.4 is 19.5 Å². The Morgan fingerprint density at radius 2 is 1.60 bits per heavy atom. The number of imidazole rings is 1. The van der Waals surface area contributed by atoms with E-state index in [9.17, 15) is 9.59 Å². The lowest BCUT2D eigenvalue weighted by molar-refractivity contribution is -0.131. The number of rotatable bonds is 12. The maximum absolute atomic E-state index is 13.1. The van der Waals surface area contributed by atoms with E-state index in [0.717, 1.165) is 23.9 Å². The Kier molecular flexibility index (Phi) is 8.94. The summed E-state index contributed by atoms with van der Waals surface area (Å²) >= 11 is 0. The number of ether oxygens (including phenoxy) is 3. The fraction of sp³-hybridized carbons (Fsp3) is 0.423. The number of nitrogens with one attached hydrogen (secondary N) is 1. The van der Waals surface area contributed by atoms with Crippen molar-refractivity contribution in [3.05, 3.63) is 47.8 Å². The van der Waals surface area contributed by atoms with Gasteiger partial charge in [0.2, 0.25) is 11.7 Å². The van der Waals surface area contributed by atoms with Gasteiger partial charge in [-0.3, -0.25) is 9.59 Å². The van der Waals surface area contributed by atoms with Crippen LogP contribution in [-0.2, 0) is 17.9 Å². The lowest BCUT2D eigenvalue weighted by atomic mass is 10.1. The summed E-state index contributed by atoms with van der Waals surface area (Å²) in [5, 5.41) is 2.91. The van der Waals surface area contributed by atoms with Crippen LogP contribution in [0.1, 0.15) is 42.9 Å². The molecule has 35 heavy (non-hydrogen) atoms. The molecule has 0 aliphatic rings. The van der Waals surface area contributed by atoms with Crippen molar-refractivity contribution in [2.45, 2.75) is 39.8 Å². The zero-order valence-electron chi connectivity index (χ0n) is 21.1. The maximum atomic E-state index is 13.1. The second-order valence-corrected chi connectivity index (χ2v) is 8.08. The van der Waals surface area contributed by atoms with Crippen LogP contribution in [0.3, 0.4) is 0 Å². The molecule has 188 valence electrons. The lowest BCUT2D eigenvalue weighted by Gasteiger charge is -2.22. The predicted octanol–water partition coefficient (Wildman–Crippen LogP) is 3.64. The number of hydrogen-bond donors (Lipinski definition) is 1. The third-order valence-electron chi connectivity index (χ3n) is 5.70. The Morgan fingerprint density at radius 3 is 2.17 bits per heavy atom. The third kappa shape index (κ3) is 5.85. The van der Waals surface area contributed by atoms with E-state index in [0.29, 0.717) is 41.7 Å². The molecule has 1 heterocycles. The van der Waals surface area contributed by atoms with Crippen LogP contribution in [0, 0.1) is 0 Å². The summed E-state index contributed by atoms with van der Waals surface area (Å²) < 4.78 is 17.9. The topological polar surface area (TPSA) is 94.9 Å². The zero-order chi connectivity index (χ0) is 25.4. The van der Waals surface area contributed by atoms with Crippen molar-refractivity contribution in [3.8, 4) is 17.2 Å². The Balaban J connectivity index is 1.86. The van der Waals surface area contributed by atoms with Crippen molar-refractivity contribution < 1.29 is 23.8 Å². The van der Waals surface area contributed by atoms with E-state index in [1.807, 2.05) is 33.7 Å². The highest BCUT2D eigenvalue weighted by Crippen LogP contribution is 2.38. The summed E-state index contributed by atoms with van der Waals surface area (Å²) in [5.41, 5.74) is 1.98. The van der Waals surface area contributed by atoms with E-state index in [1.54, 1.807) is 12.1 Å². The Labute approximate surface area is 206 Å². The minimum absolute atomic E-state index is 0.0362. The minimum Gasteiger partial charge on any atom is -0.493 e. The van der Waals surface area contributed by atoms with Crippen molar-refractivity contribution in [1.82, 2.24) is 19.8 Å². The summed E-state index contributed by atoms with van der Waals surface area (Å²) in [7, 11) is 4.51. The van der Waals surface area contributed by atoms with Gasteiger partial charge in [-0.05, 0) is 37.1 Å². The van der Waals surface area contributed by atoms with Gasteiger partial charge in [0, 0.05) is 18.7 Å². The molecule has 0 unspecified atom stereocenters. The van der Waals surface area contributed by atoms with Crippen molar-refractivity contribution >= 4 is 22.8 Å². The number of methoxy groups -OCH3 is 3. The first-order valence-electron chi connectivity index (χ1n) is 11.8. The van der Waals surface area contributed by atoms with E-state index < -0.39 is 0 Å². The zero-order valence-corrected chi connectivity index (χ0v) is 21.1. The summed E-state index contributed by atoms with van der Waals surface area (Å²) in [6, 6.07) is 10.8. The highest BCUT2D eigenvalue weighted by atomic mass is 16.5. The molecule has 0 fully saturated rings. The predicted molar refractivity (Wildman–Crippen MR) is 134 cm³/mol. The van der Waals surface area contributed by atoms with Gasteiger partial charge in [0.15, 0.2) is 11.5 Å². The highest BCUT2D eigenvalue weighted by molar-refractivity contribution is 5.95. The number of carbonyl (C=O) groups is 2. The molecule has 0 saturated heterocycles. The largest absolute Gasteiger partial charge is 0.493 e. The molecule has 0 aliphatic heterocycles. The van der Waals surface area contributed by atoms with Crippen LogP contribution in [0.15, 0.2) is 36.4 Å². The molecular formula is C26H34N4O5. The van der Waals surface area contributed by atoms with Crippen LogP contribution >= 0.6 is 0 Å². The number of amides is 2. The van der Waals surface area contributed by atoms with Gasteiger partial charge in [-0.15, -0.1) is 0 Å². The molecule has 0 saturated carbocycles. The van der Waals surface area contributed by atoms with E-state index in [2.05, 4.69) is 24.1 Å². The van der Waals surface area contributed by atoms with E-state index in [4.69, 9.17) is 14.2 Å². The van der Waals surface area contributed by atoms with Crippen LogP contribution in [0.5, 0.6) is 17.2 Å². The van der Waals surface area contributed by atoms with Gasteiger partial charge in [0.25, 0.3) is 5.91 Å². The van der Waals surface area contributed by atoms with Crippen molar-refractivity contribution in [1.29, 1.82) is 0 Å². The summed E-state index contributed by atoms with van der Waals surface area (Å²) in [4.78, 5) is 32.7. The number of hydrogen-bond acceptors (Lipinski definition) is 6. The van der Waals surface area contributed by atoms with Gasteiger partial charge in [0.05, 0.1) is 38.9 Å². The number of para-hydroxylation sites is 2. The Bertz CT molecular complexity index is 1140. The number of fused-ring (bicyclic) bond motifs is 1. The first-order valence-corrected chi connectivity index (χ1v) is 11.8. The molecule has 0 spiro atoms. The molecule has 9 heteroatoms. The molecule has 3 aromatic rings. The van der Waals surface area contributed by atoms with Crippen LogP contribution in [0.4, 0.5) is 0 Å². The number of nitrogens with zero attached hydrogens (tertiary/aromatic N) is 3. The van der Waals surface area contributed by atoms with Crippen LogP contribution in [0.25, 0.3) is 11.0 Å². The highest BCUT2D eigenvalue weighted by Gasteiger charge is 2.20. The SMILES string of the molecule is CCCN(CCC)C(=O)Cn1c(CNC(=O)c2cc(OC)c(OC)c(OC)c2)nc2ccccc21. The van der Waals surface area contributed by atoms with Gasteiger partial charge in [0.1, 0.15) is 12.4 Å². The van der Waals surface area contributed by atoms with Gasteiger partial charge in [-0.1, -0.05) is 26.0 Å². The third-order valence-corrected chi connectivity index (χ3v) is 5.70. The lowest BCUT2D eigenvalue weighted by Crippen LogP contribution is -2.36. The second-order valence-electron chi connectivity index (χ2n) is 8.08. The van der Waals surface area contributed by atoms with Gasteiger partial charge >= 0.3 is 0 Å². The quantitative estimate of drug-likeness (QED) is 0.424. The molecule has 9 nitrogen and oxygen atoms in total.